The number of benzene rings is 2. The standard InChI is InChI=1S/C23H24N2O4S2/c1-17-5-7-18(8-6-17)16-24-23(26)20-4-2-3-19(15-20)21-9-10-22(30-21)31(27,28)25-11-13-29-14-12-25/h2-10,15H,11-14,16H2,1H3,(H,24,26). The summed E-state index contributed by atoms with van der Waals surface area (Å²) in [5.74, 6) is -0.167. The van der Waals surface area contributed by atoms with Crippen molar-refractivity contribution < 1.29 is 17.9 Å². The van der Waals surface area contributed by atoms with Gasteiger partial charge in [-0.1, -0.05) is 42.0 Å². The lowest BCUT2D eigenvalue weighted by molar-refractivity contribution is 0.0731. The van der Waals surface area contributed by atoms with Gasteiger partial charge in [0.15, 0.2) is 0 Å². The molecule has 8 heteroatoms. The van der Waals surface area contributed by atoms with E-state index in [-0.39, 0.29) is 5.91 Å². The normalized spacial score (nSPS) is 15.0. The molecule has 1 aromatic heterocycles. The van der Waals surface area contributed by atoms with Crippen LogP contribution in [0, 0.1) is 6.92 Å². The van der Waals surface area contributed by atoms with Crippen LogP contribution in [0.1, 0.15) is 21.5 Å². The molecule has 1 fully saturated rings. The molecule has 1 saturated heterocycles. The number of aryl methyl sites for hydroxylation is 1. The number of sulfonamides is 1. The molecule has 3 aromatic rings. The topological polar surface area (TPSA) is 75.7 Å². The maximum absolute atomic E-state index is 12.9. The van der Waals surface area contributed by atoms with Gasteiger partial charge in [0.1, 0.15) is 4.21 Å². The predicted molar refractivity (Wildman–Crippen MR) is 122 cm³/mol. The third kappa shape index (κ3) is 5.04. The molecule has 0 aliphatic carbocycles. The first kappa shape index (κ1) is 21.7. The van der Waals surface area contributed by atoms with Crippen LogP contribution in [0.4, 0.5) is 0 Å². The van der Waals surface area contributed by atoms with Crippen molar-refractivity contribution in [1.82, 2.24) is 9.62 Å². The van der Waals surface area contributed by atoms with Gasteiger partial charge in [-0.3, -0.25) is 4.79 Å². The second-order valence-corrected chi connectivity index (χ2v) is 10.6. The van der Waals surface area contributed by atoms with Gasteiger partial charge in [0.25, 0.3) is 15.9 Å². The Hall–Kier alpha value is -2.52. The van der Waals surface area contributed by atoms with Crippen LogP contribution in [0.3, 0.4) is 0 Å². The molecule has 0 unspecified atom stereocenters. The molecule has 6 nitrogen and oxygen atoms in total. The SMILES string of the molecule is Cc1ccc(CNC(=O)c2cccc(-c3ccc(S(=O)(=O)N4CCOCC4)s3)c2)cc1. The van der Waals surface area contributed by atoms with Gasteiger partial charge >= 0.3 is 0 Å². The van der Waals surface area contributed by atoms with Crippen molar-refractivity contribution in [3.05, 3.63) is 77.4 Å². The molecule has 1 N–H and O–H groups in total. The molecule has 162 valence electrons. The van der Waals surface area contributed by atoms with E-state index in [2.05, 4.69) is 5.32 Å². The van der Waals surface area contributed by atoms with Gasteiger partial charge in [-0.05, 0) is 42.3 Å². The molecular weight excluding hydrogens is 432 g/mol. The van der Waals surface area contributed by atoms with Gasteiger partial charge in [0.2, 0.25) is 0 Å². The lowest BCUT2D eigenvalue weighted by atomic mass is 10.1. The number of thiophene rings is 1. The lowest BCUT2D eigenvalue weighted by Crippen LogP contribution is -2.40. The van der Waals surface area contributed by atoms with E-state index in [1.807, 2.05) is 43.3 Å². The maximum Gasteiger partial charge on any atom is 0.252 e. The summed E-state index contributed by atoms with van der Waals surface area (Å²) in [4.78, 5) is 13.4. The molecule has 0 atom stereocenters. The van der Waals surface area contributed by atoms with Gasteiger partial charge in [0.05, 0.1) is 13.2 Å². The summed E-state index contributed by atoms with van der Waals surface area (Å²) in [7, 11) is -3.53. The Balaban J connectivity index is 1.48. The van der Waals surface area contributed by atoms with Crippen LogP contribution in [0.15, 0.2) is 64.9 Å². The number of ether oxygens (including phenoxy) is 1. The molecule has 4 rings (SSSR count). The first-order valence-corrected chi connectivity index (χ1v) is 12.3. The number of nitrogens with zero attached hydrogens (tertiary/aromatic N) is 1. The molecule has 0 saturated carbocycles. The minimum Gasteiger partial charge on any atom is -0.379 e. The number of carbonyl (C=O) groups is 1. The Morgan fingerprint density at radius 3 is 2.55 bits per heavy atom. The first-order valence-electron chi connectivity index (χ1n) is 10.1. The highest BCUT2D eigenvalue weighted by Gasteiger charge is 2.27. The van der Waals surface area contributed by atoms with Crippen LogP contribution < -0.4 is 5.32 Å². The van der Waals surface area contributed by atoms with Crippen molar-refractivity contribution >= 4 is 27.3 Å². The monoisotopic (exact) mass is 456 g/mol. The molecule has 1 aliphatic rings. The van der Waals surface area contributed by atoms with Crippen LogP contribution in [-0.4, -0.2) is 44.9 Å². The fourth-order valence-corrected chi connectivity index (χ4v) is 6.20. The Kier molecular flexibility index (Phi) is 6.52. The molecule has 1 amide bonds. The highest BCUT2D eigenvalue weighted by molar-refractivity contribution is 7.91. The van der Waals surface area contributed by atoms with E-state index in [9.17, 15) is 13.2 Å². The smallest absolute Gasteiger partial charge is 0.252 e. The molecule has 31 heavy (non-hydrogen) atoms. The lowest BCUT2D eigenvalue weighted by Gasteiger charge is -2.25. The van der Waals surface area contributed by atoms with Crippen LogP contribution in [0.2, 0.25) is 0 Å². The summed E-state index contributed by atoms with van der Waals surface area (Å²) in [6.07, 6.45) is 0. The highest BCUT2D eigenvalue weighted by Crippen LogP contribution is 2.33. The average molecular weight is 457 g/mol. The van der Waals surface area contributed by atoms with Crippen molar-refractivity contribution in [3.63, 3.8) is 0 Å². The number of amides is 1. The van der Waals surface area contributed by atoms with Crippen molar-refractivity contribution in [3.8, 4) is 10.4 Å². The number of rotatable bonds is 6. The van der Waals surface area contributed by atoms with Crippen LogP contribution >= 0.6 is 11.3 Å². The molecule has 2 aromatic carbocycles. The first-order chi connectivity index (χ1) is 14.9. The number of morpholine rings is 1. The number of nitrogens with one attached hydrogen (secondary N) is 1. The fraction of sp³-hybridized carbons (Fsp3) is 0.261. The Bertz CT molecular complexity index is 1160. The zero-order valence-corrected chi connectivity index (χ0v) is 18.8. The van der Waals surface area contributed by atoms with Crippen molar-refractivity contribution in [1.29, 1.82) is 0 Å². The van der Waals surface area contributed by atoms with E-state index in [0.29, 0.717) is 42.6 Å². The molecule has 0 spiro atoms. The van der Waals surface area contributed by atoms with E-state index in [1.54, 1.807) is 24.3 Å². The number of hydrogen-bond donors (Lipinski definition) is 1. The maximum atomic E-state index is 12.9. The number of carbonyl (C=O) groups excluding carboxylic acids is 1. The molecule has 0 radical (unpaired) electrons. The summed E-state index contributed by atoms with van der Waals surface area (Å²) in [5.41, 5.74) is 3.56. The zero-order valence-electron chi connectivity index (χ0n) is 17.2. The Morgan fingerprint density at radius 1 is 1.06 bits per heavy atom. The second kappa shape index (κ2) is 9.32. The van der Waals surface area contributed by atoms with E-state index >= 15 is 0 Å². The summed E-state index contributed by atoms with van der Waals surface area (Å²) in [5, 5.41) is 2.94. The van der Waals surface area contributed by atoms with Crippen LogP contribution in [0.5, 0.6) is 0 Å². The van der Waals surface area contributed by atoms with Crippen LogP contribution in [0.25, 0.3) is 10.4 Å². The summed E-state index contributed by atoms with van der Waals surface area (Å²) < 4.78 is 32.7. The highest BCUT2D eigenvalue weighted by atomic mass is 32.2. The summed E-state index contributed by atoms with van der Waals surface area (Å²) >= 11 is 1.22. The fourth-order valence-electron chi connectivity index (χ4n) is 3.33. The average Bonchev–Trinajstić information content (AvgIpc) is 3.30. The predicted octanol–water partition coefficient (Wildman–Crippen LogP) is 3.67. The van der Waals surface area contributed by atoms with Gasteiger partial charge in [-0.25, -0.2) is 8.42 Å². The quantitative estimate of drug-likeness (QED) is 0.614. The van der Waals surface area contributed by atoms with Gasteiger partial charge in [0, 0.05) is 30.1 Å². The van der Waals surface area contributed by atoms with Gasteiger partial charge in [-0.2, -0.15) is 4.31 Å². The largest absolute Gasteiger partial charge is 0.379 e. The van der Waals surface area contributed by atoms with E-state index in [1.165, 1.54) is 21.2 Å². The zero-order chi connectivity index (χ0) is 21.8. The van der Waals surface area contributed by atoms with E-state index in [0.717, 1.165) is 16.0 Å². The van der Waals surface area contributed by atoms with E-state index in [4.69, 9.17) is 4.74 Å². The molecular formula is C23H24N2O4S2. The molecule has 1 aliphatic heterocycles. The van der Waals surface area contributed by atoms with Crippen molar-refractivity contribution in [2.75, 3.05) is 26.3 Å². The minimum absolute atomic E-state index is 0.167. The Morgan fingerprint density at radius 2 is 1.81 bits per heavy atom. The second-order valence-electron chi connectivity index (χ2n) is 7.38. The molecule has 2 heterocycles. The van der Waals surface area contributed by atoms with Crippen molar-refractivity contribution in [2.24, 2.45) is 0 Å². The van der Waals surface area contributed by atoms with Gasteiger partial charge in [-0.15, -0.1) is 11.3 Å². The van der Waals surface area contributed by atoms with Gasteiger partial charge < -0.3 is 10.1 Å². The summed E-state index contributed by atoms with van der Waals surface area (Å²) in [6.45, 7) is 4.03. The minimum atomic E-state index is -3.53. The van der Waals surface area contributed by atoms with E-state index < -0.39 is 10.0 Å². The summed E-state index contributed by atoms with van der Waals surface area (Å²) in [6, 6.07) is 18.7. The number of hydrogen-bond acceptors (Lipinski definition) is 5. The van der Waals surface area contributed by atoms with Crippen molar-refractivity contribution in [2.45, 2.75) is 17.7 Å². The molecule has 0 bridgehead atoms. The third-order valence-corrected chi connectivity index (χ3v) is 8.63. The van der Waals surface area contributed by atoms with Crippen LogP contribution in [-0.2, 0) is 21.3 Å². The Labute approximate surface area is 186 Å². The third-order valence-electron chi connectivity index (χ3n) is 5.13.